The lowest BCUT2D eigenvalue weighted by Gasteiger charge is -2.36. The Hall–Kier alpha value is -0.800. The van der Waals surface area contributed by atoms with Crippen molar-refractivity contribution in [3.05, 3.63) is 0 Å². The first-order valence-electron chi connectivity index (χ1n) is 6.15. The van der Waals surface area contributed by atoms with Crippen LogP contribution in [0.25, 0.3) is 0 Å². The molecule has 0 bridgehead atoms. The molecule has 1 unspecified atom stereocenters. The standard InChI is InChI=1S/C12H20F3N3/c1-9(2)18(8-12(13,14)15)7-11(6-16,17-3)10-4-5-10/h9-10,17H,4-5,7-8H2,1-3H3. The maximum absolute atomic E-state index is 12.5. The summed E-state index contributed by atoms with van der Waals surface area (Å²) in [5, 5.41) is 12.2. The summed E-state index contributed by atoms with van der Waals surface area (Å²) >= 11 is 0. The molecule has 1 aliphatic rings. The lowest BCUT2D eigenvalue weighted by Crippen LogP contribution is -2.56. The number of nitrogens with zero attached hydrogens (tertiary/aromatic N) is 2. The number of rotatable bonds is 6. The number of nitriles is 1. The summed E-state index contributed by atoms with van der Waals surface area (Å²) in [4.78, 5) is 1.32. The maximum atomic E-state index is 12.5. The largest absolute Gasteiger partial charge is 0.401 e. The van der Waals surface area contributed by atoms with Gasteiger partial charge in [-0.15, -0.1) is 0 Å². The predicted octanol–water partition coefficient (Wildman–Crippen LogP) is 2.15. The van der Waals surface area contributed by atoms with Crippen molar-refractivity contribution in [2.24, 2.45) is 5.92 Å². The lowest BCUT2D eigenvalue weighted by atomic mass is 9.94. The van der Waals surface area contributed by atoms with E-state index in [2.05, 4.69) is 11.4 Å². The molecule has 0 saturated heterocycles. The summed E-state index contributed by atoms with van der Waals surface area (Å²) in [6, 6.07) is 1.93. The minimum atomic E-state index is -4.23. The molecule has 1 atom stereocenters. The Kier molecular flexibility index (Phi) is 4.62. The quantitative estimate of drug-likeness (QED) is 0.798. The van der Waals surface area contributed by atoms with Gasteiger partial charge in [0.25, 0.3) is 0 Å². The van der Waals surface area contributed by atoms with E-state index in [0.717, 1.165) is 12.8 Å². The van der Waals surface area contributed by atoms with Gasteiger partial charge in [-0.2, -0.15) is 18.4 Å². The van der Waals surface area contributed by atoms with Crippen LogP contribution in [0, 0.1) is 17.2 Å². The summed E-state index contributed by atoms with van der Waals surface area (Å²) in [5.41, 5.74) is -0.852. The van der Waals surface area contributed by atoms with Gasteiger partial charge in [0.15, 0.2) is 0 Å². The molecule has 0 aromatic rings. The highest BCUT2D eigenvalue weighted by Crippen LogP contribution is 2.40. The van der Waals surface area contributed by atoms with Gasteiger partial charge in [0.1, 0.15) is 5.54 Å². The molecule has 3 nitrogen and oxygen atoms in total. The van der Waals surface area contributed by atoms with Gasteiger partial charge in [0.05, 0.1) is 12.6 Å². The second-order valence-electron chi connectivity index (χ2n) is 5.22. The Morgan fingerprint density at radius 3 is 2.17 bits per heavy atom. The van der Waals surface area contributed by atoms with Crippen molar-refractivity contribution < 1.29 is 13.2 Å². The van der Waals surface area contributed by atoms with Crippen LogP contribution in [0.15, 0.2) is 0 Å². The molecular formula is C12H20F3N3. The van der Waals surface area contributed by atoms with Crippen molar-refractivity contribution in [3.63, 3.8) is 0 Å². The molecule has 0 aromatic heterocycles. The summed E-state index contributed by atoms with van der Waals surface area (Å²) in [7, 11) is 1.65. The molecule has 1 aliphatic carbocycles. The molecular weight excluding hydrogens is 243 g/mol. The van der Waals surface area contributed by atoms with E-state index in [9.17, 15) is 18.4 Å². The first kappa shape index (κ1) is 15.3. The fourth-order valence-corrected chi connectivity index (χ4v) is 2.14. The second-order valence-corrected chi connectivity index (χ2v) is 5.22. The van der Waals surface area contributed by atoms with Gasteiger partial charge in [0.2, 0.25) is 0 Å². The zero-order chi connectivity index (χ0) is 14.0. The van der Waals surface area contributed by atoms with Crippen LogP contribution in [0.4, 0.5) is 13.2 Å². The van der Waals surface area contributed by atoms with E-state index >= 15 is 0 Å². The normalized spacial score (nSPS) is 19.9. The zero-order valence-corrected chi connectivity index (χ0v) is 11.0. The molecule has 0 heterocycles. The van der Waals surface area contributed by atoms with Crippen LogP contribution < -0.4 is 5.32 Å². The van der Waals surface area contributed by atoms with Gasteiger partial charge in [0, 0.05) is 12.6 Å². The minimum Gasteiger partial charge on any atom is -0.301 e. The second kappa shape index (κ2) is 5.45. The van der Waals surface area contributed by atoms with E-state index in [1.54, 1.807) is 20.9 Å². The van der Waals surface area contributed by atoms with Crippen molar-refractivity contribution in [2.75, 3.05) is 20.1 Å². The van der Waals surface area contributed by atoms with Crippen molar-refractivity contribution in [3.8, 4) is 6.07 Å². The molecule has 18 heavy (non-hydrogen) atoms. The number of likely N-dealkylation sites (N-methyl/N-ethyl adjacent to an activating group) is 1. The molecule has 1 rings (SSSR count). The van der Waals surface area contributed by atoms with Crippen LogP contribution in [0.3, 0.4) is 0 Å². The van der Waals surface area contributed by atoms with Gasteiger partial charge in [-0.3, -0.25) is 4.90 Å². The van der Waals surface area contributed by atoms with Crippen molar-refractivity contribution >= 4 is 0 Å². The van der Waals surface area contributed by atoms with Crippen LogP contribution in [-0.2, 0) is 0 Å². The minimum absolute atomic E-state index is 0.113. The smallest absolute Gasteiger partial charge is 0.301 e. The third kappa shape index (κ3) is 3.85. The zero-order valence-electron chi connectivity index (χ0n) is 11.0. The molecule has 0 radical (unpaired) electrons. The summed E-state index contributed by atoms with van der Waals surface area (Å²) in [5.74, 6) is 0.169. The number of hydrogen-bond acceptors (Lipinski definition) is 3. The highest BCUT2D eigenvalue weighted by Gasteiger charge is 2.47. The number of alkyl halides is 3. The molecule has 1 N–H and O–H groups in total. The van der Waals surface area contributed by atoms with Crippen LogP contribution >= 0.6 is 0 Å². The van der Waals surface area contributed by atoms with E-state index in [1.165, 1.54) is 4.90 Å². The molecule has 0 amide bonds. The average molecular weight is 263 g/mol. The lowest BCUT2D eigenvalue weighted by molar-refractivity contribution is -0.151. The Balaban J connectivity index is 2.78. The van der Waals surface area contributed by atoms with Gasteiger partial charge in [-0.1, -0.05) is 0 Å². The van der Waals surface area contributed by atoms with Gasteiger partial charge >= 0.3 is 6.18 Å². The summed E-state index contributed by atoms with van der Waals surface area (Å²) in [6.07, 6.45) is -2.42. The van der Waals surface area contributed by atoms with Crippen LogP contribution in [0.5, 0.6) is 0 Å². The summed E-state index contributed by atoms with van der Waals surface area (Å²) < 4.78 is 37.6. The number of nitrogens with one attached hydrogen (secondary N) is 1. The van der Waals surface area contributed by atoms with Gasteiger partial charge in [-0.05, 0) is 39.7 Å². The molecule has 104 valence electrons. The molecule has 0 spiro atoms. The third-order valence-corrected chi connectivity index (χ3v) is 3.49. The average Bonchev–Trinajstić information content (AvgIpc) is 3.06. The Bertz CT molecular complexity index is 318. The first-order chi connectivity index (χ1) is 8.24. The fraction of sp³-hybridized carbons (Fsp3) is 0.917. The first-order valence-corrected chi connectivity index (χ1v) is 6.15. The third-order valence-electron chi connectivity index (χ3n) is 3.49. The van der Waals surface area contributed by atoms with Crippen molar-refractivity contribution in [1.82, 2.24) is 10.2 Å². The van der Waals surface area contributed by atoms with E-state index in [4.69, 9.17) is 0 Å². The maximum Gasteiger partial charge on any atom is 0.401 e. The van der Waals surface area contributed by atoms with Crippen molar-refractivity contribution in [2.45, 2.75) is 44.4 Å². The SMILES string of the molecule is CNC(C#N)(CN(CC(F)(F)F)C(C)C)C1CC1. The van der Waals surface area contributed by atoms with Gasteiger partial charge in [-0.25, -0.2) is 0 Å². The number of halogens is 3. The predicted molar refractivity (Wildman–Crippen MR) is 62.9 cm³/mol. The van der Waals surface area contributed by atoms with E-state index in [0.29, 0.717) is 0 Å². The Morgan fingerprint density at radius 1 is 1.33 bits per heavy atom. The molecule has 0 aliphatic heterocycles. The molecule has 1 saturated carbocycles. The van der Waals surface area contributed by atoms with Crippen LogP contribution in [0.2, 0.25) is 0 Å². The Labute approximate surface area is 106 Å². The highest BCUT2D eigenvalue weighted by molar-refractivity contribution is 5.16. The highest BCUT2D eigenvalue weighted by atomic mass is 19.4. The fourth-order valence-electron chi connectivity index (χ4n) is 2.14. The van der Waals surface area contributed by atoms with E-state index in [-0.39, 0.29) is 18.5 Å². The van der Waals surface area contributed by atoms with Crippen LogP contribution in [-0.4, -0.2) is 42.8 Å². The molecule has 6 heteroatoms. The summed E-state index contributed by atoms with van der Waals surface area (Å²) in [6.45, 7) is 2.58. The van der Waals surface area contributed by atoms with E-state index < -0.39 is 18.3 Å². The number of hydrogen-bond donors (Lipinski definition) is 1. The van der Waals surface area contributed by atoms with Gasteiger partial charge < -0.3 is 5.32 Å². The van der Waals surface area contributed by atoms with E-state index in [1.807, 2.05) is 0 Å². The van der Waals surface area contributed by atoms with Crippen molar-refractivity contribution in [1.29, 1.82) is 5.26 Å². The monoisotopic (exact) mass is 263 g/mol. The topological polar surface area (TPSA) is 39.1 Å². The molecule has 0 aromatic carbocycles. The molecule has 1 fully saturated rings. The van der Waals surface area contributed by atoms with Crippen LogP contribution in [0.1, 0.15) is 26.7 Å². The Morgan fingerprint density at radius 2 is 1.89 bits per heavy atom.